The SMILES string of the molecule is NCc1cn(CC(=O)N2CCCC2c2cccnc2)nn1. The van der Waals surface area contributed by atoms with Crippen LogP contribution in [0.1, 0.15) is 30.1 Å². The van der Waals surface area contributed by atoms with Crippen LogP contribution < -0.4 is 5.73 Å². The normalized spacial score (nSPS) is 18.1. The first-order chi connectivity index (χ1) is 10.3. The van der Waals surface area contributed by atoms with Gasteiger partial charge in [0.2, 0.25) is 5.91 Å². The maximum atomic E-state index is 12.5. The average molecular weight is 286 g/mol. The second-order valence-electron chi connectivity index (χ2n) is 5.14. The van der Waals surface area contributed by atoms with Crippen LogP contribution in [-0.2, 0) is 17.9 Å². The number of rotatable bonds is 4. The molecule has 2 aromatic heterocycles. The molecule has 0 aromatic carbocycles. The van der Waals surface area contributed by atoms with E-state index in [9.17, 15) is 4.79 Å². The quantitative estimate of drug-likeness (QED) is 0.883. The fraction of sp³-hybridized carbons (Fsp3) is 0.429. The molecule has 3 heterocycles. The van der Waals surface area contributed by atoms with E-state index in [1.807, 2.05) is 23.2 Å². The molecule has 0 radical (unpaired) electrons. The minimum Gasteiger partial charge on any atom is -0.334 e. The highest BCUT2D eigenvalue weighted by molar-refractivity contribution is 5.76. The van der Waals surface area contributed by atoms with Crippen LogP contribution in [0.5, 0.6) is 0 Å². The summed E-state index contributed by atoms with van der Waals surface area (Å²) in [6, 6.07) is 4.04. The molecule has 1 fully saturated rings. The predicted molar refractivity (Wildman–Crippen MR) is 75.8 cm³/mol. The average Bonchev–Trinajstić information content (AvgIpc) is 3.17. The molecule has 2 aromatic rings. The van der Waals surface area contributed by atoms with Crippen LogP contribution in [0.15, 0.2) is 30.7 Å². The molecule has 0 aliphatic carbocycles. The lowest BCUT2D eigenvalue weighted by atomic mass is 10.1. The van der Waals surface area contributed by atoms with Gasteiger partial charge in [-0.25, -0.2) is 4.68 Å². The van der Waals surface area contributed by atoms with Gasteiger partial charge in [0.25, 0.3) is 0 Å². The number of hydrogen-bond acceptors (Lipinski definition) is 5. The van der Waals surface area contributed by atoms with Gasteiger partial charge in [-0.1, -0.05) is 11.3 Å². The lowest BCUT2D eigenvalue weighted by molar-refractivity contribution is -0.133. The number of likely N-dealkylation sites (tertiary alicyclic amines) is 1. The second-order valence-corrected chi connectivity index (χ2v) is 5.14. The predicted octanol–water partition coefficient (Wildman–Crippen LogP) is 0.495. The summed E-state index contributed by atoms with van der Waals surface area (Å²) < 4.78 is 1.54. The first-order valence-electron chi connectivity index (χ1n) is 7.06. The summed E-state index contributed by atoms with van der Waals surface area (Å²) in [4.78, 5) is 18.5. The molecule has 1 aliphatic heterocycles. The lowest BCUT2D eigenvalue weighted by Gasteiger charge is -2.24. The fourth-order valence-corrected chi connectivity index (χ4v) is 2.72. The molecule has 0 bridgehead atoms. The number of nitrogens with zero attached hydrogens (tertiary/aromatic N) is 5. The van der Waals surface area contributed by atoms with Crippen molar-refractivity contribution in [1.29, 1.82) is 0 Å². The summed E-state index contributed by atoms with van der Waals surface area (Å²) >= 11 is 0. The van der Waals surface area contributed by atoms with Crippen LogP contribution in [0, 0.1) is 0 Å². The number of carbonyl (C=O) groups excluding carboxylic acids is 1. The minimum atomic E-state index is 0.0508. The van der Waals surface area contributed by atoms with Gasteiger partial charge in [-0.05, 0) is 24.5 Å². The molecule has 0 spiro atoms. The van der Waals surface area contributed by atoms with Gasteiger partial charge in [0, 0.05) is 25.5 Å². The topological polar surface area (TPSA) is 89.9 Å². The summed E-state index contributed by atoms with van der Waals surface area (Å²) in [5.41, 5.74) is 7.27. The smallest absolute Gasteiger partial charge is 0.244 e. The van der Waals surface area contributed by atoms with E-state index in [1.54, 1.807) is 17.1 Å². The molecule has 110 valence electrons. The molecule has 0 saturated carbocycles. The summed E-state index contributed by atoms with van der Waals surface area (Å²) in [6.07, 6.45) is 7.28. The maximum Gasteiger partial charge on any atom is 0.244 e. The third kappa shape index (κ3) is 2.92. The van der Waals surface area contributed by atoms with Crippen molar-refractivity contribution in [1.82, 2.24) is 24.9 Å². The highest BCUT2D eigenvalue weighted by Gasteiger charge is 2.30. The van der Waals surface area contributed by atoms with Crippen LogP contribution >= 0.6 is 0 Å². The van der Waals surface area contributed by atoms with Crippen molar-refractivity contribution in [2.45, 2.75) is 32.0 Å². The standard InChI is InChI=1S/C14H18N6O/c15-7-12-9-19(18-17-12)10-14(21)20-6-2-4-13(20)11-3-1-5-16-8-11/h1,3,5,8-9,13H,2,4,6-7,10,15H2. The summed E-state index contributed by atoms with van der Waals surface area (Å²) in [5, 5.41) is 7.82. The van der Waals surface area contributed by atoms with Crippen LogP contribution in [0.3, 0.4) is 0 Å². The molecule has 2 N–H and O–H groups in total. The van der Waals surface area contributed by atoms with E-state index in [0.29, 0.717) is 12.2 Å². The molecule has 3 rings (SSSR count). The Bertz CT molecular complexity index is 611. The van der Waals surface area contributed by atoms with Crippen molar-refractivity contribution in [3.8, 4) is 0 Å². The van der Waals surface area contributed by atoms with Gasteiger partial charge in [0.1, 0.15) is 6.54 Å². The lowest BCUT2D eigenvalue weighted by Crippen LogP contribution is -2.33. The number of aromatic nitrogens is 4. The third-order valence-electron chi connectivity index (χ3n) is 3.73. The largest absolute Gasteiger partial charge is 0.334 e. The van der Waals surface area contributed by atoms with E-state index in [4.69, 9.17) is 5.73 Å². The molecule has 7 nitrogen and oxygen atoms in total. The summed E-state index contributed by atoms with van der Waals surface area (Å²) in [5.74, 6) is 0.0508. The number of hydrogen-bond donors (Lipinski definition) is 1. The Hall–Kier alpha value is -2.28. The molecule has 1 saturated heterocycles. The Labute approximate surface area is 122 Å². The van der Waals surface area contributed by atoms with Gasteiger partial charge in [-0.3, -0.25) is 9.78 Å². The highest BCUT2D eigenvalue weighted by atomic mass is 16.2. The van der Waals surface area contributed by atoms with Gasteiger partial charge >= 0.3 is 0 Å². The van der Waals surface area contributed by atoms with Gasteiger partial charge in [0.15, 0.2) is 0 Å². The zero-order chi connectivity index (χ0) is 14.7. The number of nitrogens with two attached hydrogens (primary N) is 1. The van der Waals surface area contributed by atoms with Gasteiger partial charge in [-0.15, -0.1) is 5.10 Å². The molecule has 21 heavy (non-hydrogen) atoms. The summed E-state index contributed by atoms with van der Waals surface area (Å²) in [7, 11) is 0. The van der Waals surface area contributed by atoms with E-state index in [0.717, 1.165) is 24.9 Å². The summed E-state index contributed by atoms with van der Waals surface area (Å²) in [6.45, 7) is 1.30. The Morgan fingerprint density at radius 2 is 2.38 bits per heavy atom. The zero-order valence-electron chi connectivity index (χ0n) is 11.7. The van der Waals surface area contributed by atoms with Crippen LogP contribution in [0.25, 0.3) is 0 Å². The maximum absolute atomic E-state index is 12.5. The Morgan fingerprint density at radius 3 is 3.10 bits per heavy atom. The second kappa shape index (κ2) is 6.01. The Kier molecular flexibility index (Phi) is 3.92. The van der Waals surface area contributed by atoms with E-state index in [-0.39, 0.29) is 18.5 Å². The Morgan fingerprint density at radius 1 is 1.48 bits per heavy atom. The third-order valence-corrected chi connectivity index (χ3v) is 3.73. The minimum absolute atomic E-state index is 0.0508. The van der Waals surface area contributed by atoms with Crippen LogP contribution in [0.4, 0.5) is 0 Å². The number of carbonyl (C=O) groups is 1. The van der Waals surface area contributed by atoms with E-state index < -0.39 is 0 Å². The van der Waals surface area contributed by atoms with Gasteiger partial charge in [0.05, 0.1) is 17.9 Å². The molecular formula is C14H18N6O. The van der Waals surface area contributed by atoms with Crippen molar-refractivity contribution in [3.05, 3.63) is 42.0 Å². The van der Waals surface area contributed by atoms with Crippen molar-refractivity contribution < 1.29 is 4.79 Å². The fourth-order valence-electron chi connectivity index (χ4n) is 2.72. The van der Waals surface area contributed by atoms with Crippen molar-refractivity contribution in [2.75, 3.05) is 6.54 Å². The van der Waals surface area contributed by atoms with E-state index in [1.165, 1.54) is 0 Å². The van der Waals surface area contributed by atoms with E-state index in [2.05, 4.69) is 15.3 Å². The first kappa shape index (κ1) is 13.7. The number of pyridine rings is 1. The van der Waals surface area contributed by atoms with Crippen molar-refractivity contribution in [2.24, 2.45) is 5.73 Å². The molecule has 1 aliphatic rings. The van der Waals surface area contributed by atoms with Crippen molar-refractivity contribution in [3.63, 3.8) is 0 Å². The monoisotopic (exact) mass is 286 g/mol. The first-order valence-corrected chi connectivity index (χ1v) is 7.06. The van der Waals surface area contributed by atoms with Gasteiger partial charge in [-0.2, -0.15) is 0 Å². The Balaban J connectivity index is 1.71. The molecule has 1 atom stereocenters. The van der Waals surface area contributed by atoms with Crippen LogP contribution in [0.2, 0.25) is 0 Å². The molecule has 7 heteroatoms. The zero-order valence-corrected chi connectivity index (χ0v) is 11.7. The highest BCUT2D eigenvalue weighted by Crippen LogP contribution is 2.31. The van der Waals surface area contributed by atoms with Crippen LogP contribution in [-0.4, -0.2) is 37.3 Å². The van der Waals surface area contributed by atoms with Crippen molar-refractivity contribution >= 4 is 5.91 Å². The number of amides is 1. The molecular weight excluding hydrogens is 268 g/mol. The van der Waals surface area contributed by atoms with Gasteiger partial charge < -0.3 is 10.6 Å². The molecule has 1 unspecified atom stereocenters. The molecule has 1 amide bonds. The van der Waals surface area contributed by atoms with E-state index >= 15 is 0 Å².